The minimum Gasteiger partial charge on any atom is -0.507 e. The van der Waals surface area contributed by atoms with E-state index in [1.54, 1.807) is 13.1 Å². The van der Waals surface area contributed by atoms with E-state index in [-0.39, 0.29) is 18.1 Å². The highest BCUT2D eigenvalue weighted by atomic mass is 32.2. The summed E-state index contributed by atoms with van der Waals surface area (Å²) in [6, 6.07) is 5.09. The number of ketones is 1. The van der Waals surface area contributed by atoms with Crippen molar-refractivity contribution in [2.24, 2.45) is 0 Å². The quantitative estimate of drug-likeness (QED) is 0.585. The van der Waals surface area contributed by atoms with Crippen LogP contribution in [0.5, 0.6) is 5.75 Å². The van der Waals surface area contributed by atoms with Crippen LogP contribution in [0.15, 0.2) is 23.1 Å². The van der Waals surface area contributed by atoms with Crippen LogP contribution in [0.1, 0.15) is 10.4 Å². The normalized spacial score (nSPS) is 10.1. The van der Waals surface area contributed by atoms with Crippen molar-refractivity contribution in [3.8, 4) is 5.75 Å². The molecule has 1 rings (SSSR count). The Labute approximate surface area is 87.5 Å². The van der Waals surface area contributed by atoms with Crippen LogP contribution in [0.2, 0.25) is 0 Å². The van der Waals surface area contributed by atoms with Crippen molar-refractivity contribution in [1.29, 1.82) is 0 Å². The van der Waals surface area contributed by atoms with Gasteiger partial charge >= 0.3 is 0 Å². The van der Waals surface area contributed by atoms with E-state index in [1.807, 2.05) is 12.3 Å². The summed E-state index contributed by atoms with van der Waals surface area (Å²) in [4.78, 5) is 12.4. The maximum atomic E-state index is 11.6. The van der Waals surface area contributed by atoms with Gasteiger partial charge < -0.3 is 10.4 Å². The summed E-state index contributed by atoms with van der Waals surface area (Å²) in [5.74, 6) is -0.0351. The molecule has 0 aliphatic rings. The standard InChI is InChI=1S/C10H13NO2S/c1-11-6-8(13)10-7(12)4-3-5-9(10)14-2/h3-5,11-12H,6H2,1-2H3. The molecule has 0 aromatic heterocycles. The number of aromatic hydroxyl groups is 1. The van der Waals surface area contributed by atoms with Crippen molar-refractivity contribution in [2.45, 2.75) is 4.90 Å². The van der Waals surface area contributed by atoms with Crippen molar-refractivity contribution in [2.75, 3.05) is 19.8 Å². The topological polar surface area (TPSA) is 49.3 Å². The summed E-state index contributed by atoms with van der Waals surface area (Å²) < 4.78 is 0. The van der Waals surface area contributed by atoms with Gasteiger partial charge in [0.1, 0.15) is 5.75 Å². The van der Waals surface area contributed by atoms with E-state index in [4.69, 9.17) is 0 Å². The number of hydrogen-bond donors (Lipinski definition) is 2. The first-order valence-corrected chi connectivity index (χ1v) is 5.47. The third-order valence-electron chi connectivity index (χ3n) is 1.84. The van der Waals surface area contributed by atoms with Gasteiger partial charge in [0, 0.05) is 4.90 Å². The fourth-order valence-corrected chi connectivity index (χ4v) is 1.86. The van der Waals surface area contributed by atoms with Crippen LogP contribution < -0.4 is 5.32 Å². The Hall–Kier alpha value is -1.00. The molecule has 0 aliphatic carbocycles. The van der Waals surface area contributed by atoms with Gasteiger partial charge in [0.15, 0.2) is 5.78 Å². The largest absolute Gasteiger partial charge is 0.507 e. The monoisotopic (exact) mass is 211 g/mol. The SMILES string of the molecule is CNCC(=O)c1c(O)cccc1SC. The molecule has 0 unspecified atom stereocenters. The molecule has 0 bridgehead atoms. The Kier molecular flexibility index (Phi) is 3.98. The zero-order valence-electron chi connectivity index (χ0n) is 8.20. The fourth-order valence-electron chi connectivity index (χ4n) is 1.22. The highest BCUT2D eigenvalue weighted by Gasteiger charge is 2.14. The van der Waals surface area contributed by atoms with Gasteiger partial charge in [0.2, 0.25) is 0 Å². The number of phenols is 1. The first-order chi connectivity index (χ1) is 6.70. The molecule has 0 heterocycles. The maximum Gasteiger partial charge on any atom is 0.181 e. The van der Waals surface area contributed by atoms with Gasteiger partial charge in [-0.05, 0) is 25.4 Å². The minimum absolute atomic E-state index is 0.0529. The Morgan fingerprint density at radius 2 is 2.29 bits per heavy atom. The van der Waals surface area contributed by atoms with Crippen LogP contribution in [0.3, 0.4) is 0 Å². The van der Waals surface area contributed by atoms with Crippen molar-refractivity contribution >= 4 is 17.5 Å². The maximum absolute atomic E-state index is 11.6. The number of likely N-dealkylation sites (N-methyl/N-ethyl adjacent to an activating group) is 1. The summed E-state index contributed by atoms with van der Waals surface area (Å²) in [7, 11) is 1.71. The summed E-state index contributed by atoms with van der Waals surface area (Å²) in [6.07, 6.45) is 1.88. The second-order valence-corrected chi connectivity index (χ2v) is 3.66. The Morgan fingerprint density at radius 3 is 2.86 bits per heavy atom. The number of thioether (sulfide) groups is 1. The molecule has 0 saturated carbocycles. The molecular formula is C10H13NO2S. The molecule has 0 atom stereocenters. The van der Waals surface area contributed by atoms with E-state index >= 15 is 0 Å². The molecule has 76 valence electrons. The van der Waals surface area contributed by atoms with Gasteiger partial charge in [-0.15, -0.1) is 11.8 Å². The highest BCUT2D eigenvalue weighted by Crippen LogP contribution is 2.27. The predicted molar refractivity (Wildman–Crippen MR) is 58.1 cm³/mol. The molecule has 2 N–H and O–H groups in total. The lowest BCUT2D eigenvalue weighted by molar-refractivity contribution is 0.0988. The number of benzene rings is 1. The summed E-state index contributed by atoms with van der Waals surface area (Å²) in [5, 5.41) is 12.3. The smallest absolute Gasteiger partial charge is 0.181 e. The molecule has 1 aromatic rings. The Bertz CT molecular complexity index is 339. The molecule has 0 spiro atoms. The van der Waals surface area contributed by atoms with Gasteiger partial charge in [-0.1, -0.05) is 6.07 Å². The van der Waals surface area contributed by atoms with Crippen LogP contribution in [0.25, 0.3) is 0 Å². The molecule has 1 aromatic carbocycles. The lowest BCUT2D eigenvalue weighted by Gasteiger charge is -2.07. The van der Waals surface area contributed by atoms with Crippen molar-refractivity contribution in [3.05, 3.63) is 23.8 Å². The number of Topliss-reactive ketones (excluding diaryl/α,β-unsaturated/α-hetero) is 1. The molecule has 3 nitrogen and oxygen atoms in total. The number of hydrogen-bond acceptors (Lipinski definition) is 4. The van der Waals surface area contributed by atoms with E-state index in [9.17, 15) is 9.90 Å². The Morgan fingerprint density at radius 1 is 1.57 bits per heavy atom. The number of carbonyl (C=O) groups is 1. The van der Waals surface area contributed by atoms with Gasteiger partial charge in [0.05, 0.1) is 12.1 Å². The third-order valence-corrected chi connectivity index (χ3v) is 2.62. The van der Waals surface area contributed by atoms with Gasteiger partial charge in [-0.2, -0.15) is 0 Å². The molecule has 14 heavy (non-hydrogen) atoms. The Balaban J connectivity index is 3.10. The lowest BCUT2D eigenvalue weighted by Crippen LogP contribution is -2.19. The number of phenolic OH excluding ortho intramolecular Hbond substituents is 1. The van der Waals surface area contributed by atoms with Crippen LogP contribution in [-0.4, -0.2) is 30.7 Å². The van der Waals surface area contributed by atoms with Crippen molar-refractivity contribution in [1.82, 2.24) is 5.32 Å². The molecule has 0 aliphatic heterocycles. The van der Waals surface area contributed by atoms with Crippen LogP contribution >= 0.6 is 11.8 Å². The zero-order valence-corrected chi connectivity index (χ0v) is 9.02. The van der Waals surface area contributed by atoms with E-state index in [0.29, 0.717) is 5.56 Å². The zero-order chi connectivity index (χ0) is 10.6. The third kappa shape index (κ3) is 2.27. The highest BCUT2D eigenvalue weighted by molar-refractivity contribution is 7.98. The molecular weight excluding hydrogens is 198 g/mol. The van der Waals surface area contributed by atoms with E-state index in [0.717, 1.165) is 4.90 Å². The first kappa shape index (κ1) is 11.1. The van der Waals surface area contributed by atoms with Crippen LogP contribution in [-0.2, 0) is 0 Å². The lowest BCUT2D eigenvalue weighted by atomic mass is 10.1. The molecule has 0 fully saturated rings. The fraction of sp³-hybridized carbons (Fsp3) is 0.300. The summed E-state index contributed by atoms with van der Waals surface area (Å²) in [6.45, 7) is 0.241. The average Bonchev–Trinajstić information content (AvgIpc) is 2.17. The minimum atomic E-state index is -0.0880. The summed E-state index contributed by atoms with van der Waals surface area (Å²) in [5.41, 5.74) is 0.411. The van der Waals surface area contributed by atoms with E-state index in [2.05, 4.69) is 5.32 Å². The van der Waals surface area contributed by atoms with Crippen molar-refractivity contribution < 1.29 is 9.90 Å². The average molecular weight is 211 g/mol. The van der Waals surface area contributed by atoms with E-state index < -0.39 is 0 Å². The molecule has 4 heteroatoms. The summed E-state index contributed by atoms with van der Waals surface area (Å²) >= 11 is 1.46. The molecule has 0 radical (unpaired) electrons. The van der Waals surface area contributed by atoms with Crippen LogP contribution in [0.4, 0.5) is 0 Å². The molecule has 0 amide bonds. The van der Waals surface area contributed by atoms with Gasteiger partial charge in [0.25, 0.3) is 0 Å². The molecule has 0 saturated heterocycles. The second kappa shape index (κ2) is 5.02. The van der Waals surface area contributed by atoms with Gasteiger partial charge in [-0.3, -0.25) is 4.79 Å². The van der Waals surface area contributed by atoms with E-state index in [1.165, 1.54) is 17.8 Å². The predicted octanol–water partition coefficient (Wildman–Crippen LogP) is 1.52. The first-order valence-electron chi connectivity index (χ1n) is 4.24. The van der Waals surface area contributed by atoms with Crippen LogP contribution in [0, 0.1) is 0 Å². The van der Waals surface area contributed by atoms with Crippen molar-refractivity contribution in [3.63, 3.8) is 0 Å². The number of carbonyl (C=O) groups excluding carboxylic acids is 1. The second-order valence-electron chi connectivity index (χ2n) is 2.81. The number of rotatable bonds is 4. The number of nitrogens with one attached hydrogen (secondary N) is 1. The van der Waals surface area contributed by atoms with Gasteiger partial charge in [-0.25, -0.2) is 0 Å².